The van der Waals surface area contributed by atoms with Crippen LogP contribution >= 0.6 is 22.9 Å². The van der Waals surface area contributed by atoms with Gasteiger partial charge in [0.25, 0.3) is 0 Å². The number of hydrogen-bond donors (Lipinski definition) is 1. The van der Waals surface area contributed by atoms with E-state index in [4.69, 9.17) is 22.1 Å². The van der Waals surface area contributed by atoms with Gasteiger partial charge in [0.2, 0.25) is 11.8 Å². The predicted molar refractivity (Wildman–Crippen MR) is 96.9 cm³/mol. The number of benzene rings is 1. The minimum Gasteiger partial charge on any atom is -0.422 e. The Hall–Kier alpha value is -2.75. The first-order chi connectivity index (χ1) is 12.1. The first-order valence-electron chi connectivity index (χ1n) is 7.55. The molecule has 1 aromatic carbocycles. The minimum atomic E-state index is -0.284. The molecule has 3 heterocycles. The number of thiophene rings is 1. The standard InChI is InChI=1S/C18H13ClN4OS/c1-10-15-16(11-5-6-25-9-11)14(8-20)17(21)24-18(15)23(22-10)13-4-2-3-12(19)7-13/h2-7,9,16H,21H2,1H3. The summed E-state index contributed by atoms with van der Waals surface area (Å²) in [5.74, 6) is 0.342. The van der Waals surface area contributed by atoms with Gasteiger partial charge in [-0.1, -0.05) is 17.7 Å². The molecule has 0 radical (unpaired) electrons. The Labute approximate surface area is 153 Å². The van der Waals surface area contributed by atoms with Crippen LogP contribution in [-0.2, 0) is 0 Å². The Morgan fingerprint density at radius 1 is 1.40 bits per heavy atom. The maximum atomic E-state index is 9.60. The van der Waals surface area contributed by atoms with Crippen molar-refractivity contribution >= 4 is 22.9 Å². The number of rotatable bonds is 2. The van der Waals surface area contributed by atoms with Crippen LogP contribution in [0.5, 0.6) is 5.88 Å². The molecule has 25 heavy (non-hydrogen) atoms. The van der Waals surface area contributed by atoms with Crippen LogP contribution in [-0.4, -0.2) is 9.78 Å². The molecule has 1 atom stereocenters. The molecule has 0 aliphatic carbocycles. The number of aromatic nitrogens is 2. The van der Waals surface area contributed by atoms with Gasteiger partial charge in [-0.05, 0) is 47.5 Å². The predicted octanol–water partition coefficient (Wildman–Crippen LogP) is 4.11. The van der Waals surface area contributed by atoms with Gasteiger partial charge < -0.3 is 10.5 Å². The van der Waals surface area contributed by atoms with Crippen LogP contribution in [0.2, 0.25) is 5.02 Å². The second kappa shape index (κ2) is 5.96. The molecule has 0 bridgehead atoms. The van der Waals surface area contributed by atoms with Crippen molar-refractivity contribution in [2.75, 3.05) is 0 Å². The van der Waals surface area contributed by atoms with Crippen LogP contribution in [0.1, 0.15) is 22.7 Å². The molecule has 2 N–H and O–H groups in total. The Morgan fingerprint density at radius 2 is 2.24 bits per heavy atom. The second-order valence-electron chi connectivity index (χ2n) is 5.68. The van der Waals surface area contributed by atoms with Crippen molar-refractivity contribution in [3.63, 3.8) is 0 Å². The third-order valence-electron chi connectivity index (χ3n) is 4.16. The van der Waals surface area contributed by atoms with Crippen LogP contribution in [0.4, 0.5) is 0 Å². The Balaban J connectivity index is 1.96. The molecule has 0 saturated carbocycles. The molecule has 124 valence electrons. The lowest BCUT2D eigenvalue weighted by atomic mass is 9.85. The lowest BCUT2D eigenvalue weighted by Gasteiger charge is -2.24. The zero-order chi connectivity index (χ0) is 17.6. The van der Waals surface area contributed by atoms with Crippen LogP contribution in [0.15, 0.2) is 52.5 Å². The molecule has 1 aliphatic rings. The number of ether oxygens (including phenoxy) is 1. The molecule has 5 nitrogen and oxygen atoms in total. The first-order valence-corrected chi connectivity index (χ1v) is 8.87. The quantitative estimate of drug-likeness (QED) is 0.738. The summed E-state index contributed by atoms with van der Waals surface area (Å²) in [5, 5.41) is 18.8. The van der Waals surface area contributed by atoms with Gasteiger partial charge in [0.1, 0.15) is 11.6 Å². The molecule has 7 heteroatoms. The fourth-order valence-corrected chi connectivity index (χ4v) is 3.94. The normalized spacial score (nSPS) is 16.3. The number of halogens is 1. The van der Waals surface area contributed by atoms with Gasteiger partial charge in [-0.25, -0.2) is 4.68 Å². The largest absolute Gasteiger partial charge is 0.422 e. The monoisotopic (exact) mass is 368 g/mol. The van der Waals surface area contributed by atoms with Crippen molar-refractivity contribution in [1.29, 1.82) is 5.26 Å². The number of allylic oxidation sites excluding steroid dienone is 1. The number of fused-ring (bicyclic) bond motifs is 1. The van der Waals surface area contributed by atoms with Gasteiger partial charge in [-0.15, -0.1) is 0 Å². The molecule has 4 rings (SSSR count). The maximum absolute atomic E-state index is 9.60. The molecule has 0 fully saturated rings. The molecule has 2 aromatic heterocycles. The van der Waals surface area contributed by atoms with Gasteiger partial charge in [0.05, 0.1) is 22.9 Å². The maximum Gasteiger partial charge on any atom is 0.229 e. The topological polar surface area (TPSA) is 76.9 Å². The average molecular weight is 369 g/mol. The molecular formula is C18H13ClN4OS. The highest BCUT2D eigenvalue weighted by atomic mass is 35.5. The fourth-order valence-electron chi connectivity index (χ4n) is 3.07. The van der Waals surface area contributed by atoms with E-state index in [0.29, 0.717) is 16.5 Å². The van der Waals surface area contributed by atoms with Crippen molar-refractivity contribution in [2.24, 2.45) is 5.73 Å². The van der Waals surface area contributed by atoms with Gasteiger partial charge >= 0.3 is 0 Å². The molecule has 1 aliphatic heterocycles. The van der Waals surface area contributed by atoms with E-state index in [1.807, 2.05) is 35.9 Å². The summed E-state index contributed by atoms with van der Waals surface area (Å²) in [6.45, 7) is 1.90. The SMILES string of the molecule is Cc1nn(-c2cccc(Cl)c2)c2c1C(c1ccsc1)C(C#N)=C(N)O2. The van der Waals surface area contributed by atoms with Gasteiger partial charge in [0, 0.05) is 5.02 Å². The summed E-state index contributed by atoms with van der Waals surface area (Å²) in [6, 6.07) is 11.5. The zero-order valence-corrected chi connectivity index (χ0v) is 14.8. The minimum absolute atomic E-state index is 0.106. The lowest BCUT2D eigenvalue weighted by Crippen LogP contribution is -2.21. The van der Waals surface area contributed by atoms with Crippen LogP contribution < -0.4 is 10.5 Å². The van der Waals surface area contributed by atoms with Crippen LogP contribution in [0.3, 0.4) is 0 Å². The highest BCUT2D eigenvalue weighted by Gasteiger charge is 2.36. The van der Waals surface area contributed by atoms with E-state index in [1.54, 1.807) is 28.2 Å². The highest BCUT2D eigenvalue weighted by Crippen LogP contribution is 2.45. The van der Waals surface area contributed by atoms with E-state index in [0.717, 1.165) is 22.5 Å². The third-order valence-corrected chi connectivity index (χ3v) is 5.10. The van der Waals surface area contributed by atoms with Crippen LogP contribution in [0.25, 0.3) is 5.69 Å². The van der Waals surface area contributed by atoms with Crippen LogP contribution in [0, 0.1) is 18.3 Å². The number of nitriles is 1. The summed E-state index contributed by atoms with van der Waals surface area (Å²) in [4.78, 5) is 0. The molecule has 3 aromatic rings. The Morgan fingerprint density at radius 3 is 2.92 bits per heavy atom. The molecule has 0 spiro atoms. The van der Waals surface area contributed by atoms with E-state index in [2.05, 4.69) is 11.2 Å². The first kappa shape index (κ1) is 15.8. The Kier molecular flexibility index (Phi) is 3.75. The molecular weight excluding hydrogens is 356 g/mol. The molecule has 0 amide bonds. The van der Waals surface area contributed by atoms with Gasteiger partial charge in [-0.2, -0.15) is 21.7 Å². The fraction of sp³-hybridized carbons (Fsp3) is 0.111. The Bertz CT molecular complexity index is 1030. The summed E-state index contributed by atoms with van der Waals surface area (Å²) in [5.41, 5.74) is 9.87. The van der Waals surface area contributed by atoms with E-state index in [9.17, 15) is 5.26 Å². The summed E-state index contributed by atoms with van der Waals surface area (Å²) in [6.07, 6.45) is 0. The summed E-state index contributed by atoms with van der Waals surface area (Å²) >= 11 is 7.69. The van der Waals surface area contributed by atoms with Gasteiger partial charge in [-0.3, -0.25) is 0 Å². The number of aryl methyl sites for hydroxylation is 1. The smallest absolute Gasteiger partial charge is 0.229 e. The highest BCUT2D eigenvalue weighted by molar-refractivity contribution is 7.08. The number of nitrogens with two attached hydrogens (primary N) is 1. The number of hydrogen-bond acceptors (Lipinski definition) is 5. The van der Waals surface area contributed by atoms with Crippen molar-refractivity contribution in [2.45, 2.75) is 12.8 Å². The summed E-state index contributed by atoms with van der Waals surface area (Å²) < 4.78 is 7.48. The van der Waals surface area contributed by atoms with Crippen molar-refractivity contribution in [3.05, 3.63) is 74.4 Å². The lowest BCUT2D eigenvalue weighted by molar-refractivity contribution is 0.367. The zero-order valence-electron chi connectivity index (χ0n) is 13.2. The molecule has 1 unspecified atom stereocenters. The van der Waals surface area contributed by atoms with Crippen molar-refractivity contribution in [1.82, 2.24) is 9.78 Å². The van der Waals surface area contributed by atoms with Crippen molar-refractivity contribution in [3.8, 4) is 17.6 Å². The summed E-state index contributed by atoms with van der Waals surface area (Å²) in [7, 11) is 0. The third kappa shape index (κ3) is 2.49. The van der Waals surface area contributed by atoms with E-state index < -0.39 is 0 Å². The van der Waals surface area contributed by atoms with E-state index >= 15 is 0 Å². The molecule has 0 saturated heterocycles. The number of nitrogens with zero attached hydrogens (tertiary/aromatic N) is 3. The average Bonchev–Trinajstić information content (AvgIpc) is 3.22. The van der Waals surface area contributed by atoms with Gasteiger partial charge in [0.15, 0.2) is 0 Å². The van der Waals surface area contributed by atoms with E-state index in [-0.39, 0.29) is 11.8 Å². The van der Waals surface area contributed by atoms with E-state index in [1.165, 1.54) is 0 Å². The van der Waals surface area contributed by atoms with Crippen molar-refractivity contribution < 1.29 is 4.74 Å². The second-order valence-corrected chi connectivity index (χ2v) is 6.89.